The molecule has 3 rings (SSSR count). The molecule has 2 aromatic heterocycles. The Labute approximate surface area is 241 Å². The number of aromatic amines is 2. The number of aromatic nitrogens is 3. The molecule has 15 heteroatoms. The van der Waals surface area contributed by atoms with Crippen LogP contribution in [0.3, 0.4) is 0 Å². The lowest BCUT2D eigenvalue weighted by atomic mass is 10.0. The molecule has 3 aromatic rings. The summed E-state index contributed by atoms with van der Waals surface area (Å²) in [5.41, 5.74) is 18.5. The van der Waals surface area contributed by atoms with Crippen molar-refractivity contribution in [2.24, 2.45) is 17.2 Å². The van der Waals surface area contributed by atoms with Crippen LogP contribution >= 0.6 is 0 Å². The van der Waals surface area contributed by atoms with Gasteiger partial charge in [0.2, 0.25) is 23.6 Å². The van der Waals surface area contributed by atoms with E-state index >= 15 is 0 Å². The molecular formula is C27H37N9O6. The third-order valence-corrected chi connectivity index (χ3v) is 6.66. The Hall–Kier alpha value is -4.76. The molecule has 0 bridgehead atoms. The maximum absolute atomic E-state index is 13.5. The minimum absolute atomic E-state index is 0.0165. The summed E-state index contributed by atoms with van der Waals surface area (Å²) in [5, 5.41) is 18.3. The number of carboxylic acid groups (broad SMARTS) is 1. The first kappa shape index (κ1) is 31.8. The van der Waals surface area contributed by atoms with Crippen LogP contribution in [0.4, 0.5) is 0 Å². The van der Waals surface area contributed by atoms with E-state index in [4.69, 9.17) is 17.2 Å². The van der Waals surface area contributed by atoms with Gasteiger partial charge in [0, 0.05) is 41.8 Å². The number of carboxylic acids is 1. The molecule has 0 fully saturated rings. The third kappa shape index (κ3) is 9.14. The Morgan fingerprint density at radius 2 is 1.60 bits per heavy atom. The highest BCUT2D eigenvalue weighted by Crippen LogP contribution is 2.19. The first-order chi connectivity index (χ1) is 20.1. The molecule has 4 amide bonds. The number of nitrogens with two attached hydrogens (primary N) is 3. The summed E-state index contributed by atoms with van der Waals surface area (Å²) in [6.45, 7) is 0.363. The van der Waals surface area contributed by atoms with Crippen LogP contribution in [0.5, 0.6) is 0 Å². The second-order valence-electron chi connectivity index (χ2n) is 9.93. The number of hydrogen-bond acceptors (Lipinski definition) is 8. The zero-order chi connectivity index (χ0) is 30.6. The number of fused-ring (bicyclic) bond motifs is 1. The van der Waals surface area contributed by atoms with Crippen LogP contribution in [0.2, 0.25) is 0 Å². The molecule has 15 nitrogen and oxygen atoms in total. The van der Waals surface area contributed by atoms with Crippen molar-refractivity contribution in [2.45, 2.75) is 62.7 Å². The summed E-state index contributed by atoms with van der Waals surface area (Å²) in [4.78, 5) is 72.6. The predicted octanol–water partition coefficient (Wildman–Crippen LogP) is -1.45. The SMILES string of the molecule is NCCCCC(NC(=O)C(N)CC(N)=O)C(=O)NC(Cc1c[nH]c2ccccc12)C(=O)NC(Cc1cnc[nH]1)C(=O)O. The lowest BCUT2D eigenvalue weighted by Gasteiger charge is -2.25. The van der Waals surface area contributed by atoms with E-state index in [-0.39, 0.29) is 19.3 Å². The van der Waals surface area contributed by atoms with Crippen LogP contribution in [-0.2, 0) is 36.8 Å². The van der Waals surface area contributed by atoms with Crippen molar-refractivity contribution in [1.29, 1.82) is 0 Å². The molecule has 42 heavy (non-hydrogen) atoms. The molecule has 0 radical (unpaired) electrons. The number of carbonyl (C=O) groups excluding carboxylic acids is 4. The number of nitrogens with zero attached hydrogens (tertiary/aromatic N) is 1. The molecule has 0 spiro atoms. The van der Waals surface area contributed by atoms with Gasteiger partial charge in [0.15, 0.2) is 0 Å². The molecule has 12 N–H and O–H groups in total. The second kappa shape index (κ2) is 15.3. The predicted molar refractivity (Wildman–Crippen MR) is 152 cm³/mol. The summed E-state index contributed by atoms with van der Waals surface area (Å²) in [6, 6.07) is 2.48. The van der Waals surface area contributed by atoms with Gasteiger partial charge in [0.1, 0.15) is 18.1 Å². The summed E-state index contributed by atoms with van der Waals surface area (Å²) in [5.74, 6) is -4.24. The van der Waals surface area contributed by atoms with E-state index in [9.17, 15) is 29.1 Å². The fourth-order valence-corrected chi connectivity index (χ4v) is 4.44. The minimum atomic E-state index is -1.31. The Morgan fingerprint density at radius 1 is 0.905 bits per heavy atom. The third-order valence-electron chi connectivity index (χ3n) is 6.66. The van der Waals surface area contributed by atoms with Crippen molar-refractivity contribution < 1.29 is 29.1 Å². The molecule has 2 heterocycles. The van der Waals surface area contributed by atoms with E-state index in [1.165, 1.54) is 12.5 Å². The number of amides is 4. The van der Waals surface area contributed by atoms with Crippen LogP contribution in [0.25, 0.3) is 10.9 Å². The first-order valence-electron chi connectivity index (χ1n) is 13.5. The van der Waals surface area contributed by atoms with Gasteiger partial charge < -0.3 is 48.2 Å². The Kier molecular flexibility index (Phi) is 11.6. The largest absolute Gasteiger partial charge is 0.480 e. The molecule has 0 aliphatic heterocycles. The number of para-hydroxylation sites is 1. The Balaban J connectivity index is 1.84. The summed E-state index contributed by atoms with van der Waals surface area (Å²) < 4.78 is 0. The summed E-state index contributed by atoms with van der Waals surface area (Å²) in [6.07, 6.45) is 5.31. The van der Waals surface area contributed by atoms with Gasteiger partial charge in [-0.1, -0.05) is 18.2 Å². The molecule has 4 unspecified atom stereocenters. The lowest BCUT2D eigenvalue weighted by Crippen LogP contribution is -2.58. The maximum Gasteiger partial charge on any atom is 0.326 e. The zero-order valence-electron chi connectivity index (χ0n) is 23.0. The molecule has 1 aromatic carbocycles. The average molecular weight is 584 g/mol. The molecule has 0 saturated carbocycles. The van der Waals surface area contributed by atoms with Gasteiger partial charge in [-0.2, -0.15) is 0 Å². The van der Waals surface area contributed by atoms with Gasteiger partial charge in [-0.15, -0.1) is 0 Å². The number of unbranched alkanes of at least 4 members (excludes halogenated alkanes) is 1. The van der Waals surface area contributed by atoms with Crippen molar-refractivity contribution in [3.8, 4) is 0 Å². The van der Waals surface area contributed by atoms with Crippen LogP contribution < -0.4 is 33.2 Å². The number of benzene rings is 1. The first-order valence-corrected chi connectivity index (χ1v) is 13.5. The van der Waals surface area contributed by atoms with Crippen molar-refractivity contribution in [3.05, 3.63) is 54.2 Å². The summed E-state index contributed by atoms with van der Waals surface area (Å²) in [7, 11) is 0. The quantitative estimate of drug-likeness (QED) is 0.0840. The number of aliphatic carboxylic acids is 1. The number of H-pyrrole nitrogens is 2. The molecule has 0 aliphatic carbocycles. The summed E-state index contributed by atoms with van der Waals surface area (Å²) >= 11 is 0. The molecule has 226 valence electrons. The number of carbonyl (C=O) groups is 5. The Morgan fingerprint density at radius 3 is 2.26 bits per heavy atom. The van der Waals surface area contributed by atoms with E-state index in [0.717, 1.165) is 10.9 Å². The van der Waals surface area contributed by atoms with E-state index in [2.05, 4.69) is 30.9 Å². The number of hydrogen-bond donors (Lipinski definition) is 9. The standard InChI is InChI=1S/C27H37N9O6/c28-8-4-3-7-20(34-24(38)18(29)11-23(30)37)25(39)35-21(9-15-12-32-19-6-2-1-5-17(15)19)26(40)36-22(27(41)42)10-16-13-31-14-33-16/h1-2,5-6,12-14,18,20-22,32H,3-4,7-11,28-29H2,(H2,30,37)(H,31,33)(H,34,38)(H,35,39)(H,36,40)(H,41,42). The molecular weight excluding hydrogens is 546 g/mol. The van der Waals surface area contributed by atoms with Crippen LogP contribution in [0.15, 0.2) is 43.0 Å². The Bertz CT molecular complexity index is 1370. The fourth-order valence-electron chi connectivity index (χ4n) is 4.44. The minimum Gasteiger partial charge on any atom is -0.480 e. The average Bonchev–Trinajstić information content (AvgIpc) is 3.61. The monoisotopic (exact) mass is 583 g/mol. The molecule has 4 atom stereocenters. The molecule has 0 aliphatic rings. The van der Waals surface area contributed by atoms with E-state index in [0.29, 0.717) is 30.6 Å². The van der Waals surface area contributed by atoms with Crippen molar-refractivity contribution in [3.63, 3.8) is 0 Å². The highest BCUT2D eigenvalue weighted by molar-refractivity contribution is 5.95. The normalized spacial score (nSPS) is 14.0. The zero-order valence-corrected chi connectivity index (χ0v) is 23.0. The topological polar surface area (TPSA) is 264 Å². The van der Waals surface area contributed by atoms with Gasteiger partial charge in [-0.25, -0.2) is 9.78 Å². The number of nitrogens with one attached hydrogen (secondary N) is 5. The van der Waals surface area contributed by atoms with E-state index in [1.54, 1.807) is 6.20 Å². The van der Waals surface area contributed by atoms with Gasteiger partial charge >= 0.3 is 5.97 Å². The van der Waals surface area contributed by atoms with Crippen molar-refractivity contribution in [2.75, 3.05) is 6.54 Å². The van der Waals surface area contributed by atoms with E-state index in [1.807, 2.05) is 24.3 Å². The van der Waals surface area contributed by atoms with Gasteiger partial charge in [0.05, 0.1) is 18.8 Å². The second-order valence-corrected chi connectivity index (χ2v) is 9.93. The van der Waals surface area contributed by atoms with Crippen LogP contribution in [0, 0.1) is 0 Å². The van der Waals surface area contributed by atoms with Gasteiger partial charge in [0.25, 0.3) is 0 Å². The van der Waals surface area contributed by atoms with Gasteiger partial charge in [-0.3, -0.25) is 19.2 Å². The smallest absolute Gasteiger partial charge is 0.326 e. The number of rotatable bonds is 17. The number of primary amides is 1. The van der Waals surface area contributed by atoms with Crippen molar-refractivity contribution in [1.82, 2.24) is 30.9 Å². The van der Waals surface area contributed by atoms with Gasteiger partial charge in [-0.05, 0) is 37.4 Å². The highest BCUT2D eigenvalue weighted by atomic mass is 16.4. The van der Waals surface area contributed by atoms with Crippen molar-refractivity contribution >= 4 is 40.5 Å². The fraction of sp³-hybridized carbons (Fsp3) is 0.407. The van der Waals surface area contributed by atoms with E-state index < -0.39 is 60.2 Å². The lowest BCUT2D eigenvalue weighted by molar-refractivity contribution is -0.142. The highest BCUT2D eigenvalue weighted by Gasteiger charge is 2.31. The number of imidazole rings is 1. The molecule has 0 saturated heterocycles. The van der Waals surface area contributed by atoms with Crippen LogP contribution in [0.1, 0.15) is 36.9 Å². The van der Waals surface area contributed by atoms with Crippen LogP contribution in [-0.4, -0.2) is 80.4 Å². The maximum atomic E-state index is 13.5.